The molecule has 1 aliphatic heterocycles. The fourth-order valence-corrected chi connectivity index (χ4v) is 6.70. The van der Waals surface area contributed by atoms with Crippen molar-refractivity contribution in [2.45, 2.75) is 49.8 Å². The van der Waals surface area contributed by atoms with Crippen molar-refractivity contribution in [2.24, 2.45) is 0 Å². The molecule has 1 fully saturated rings. The van der Waals surface area contributed by atoms with Crippen LogP contribution < -0.4 is 14.5 Å². The molecule has 0 spiro atoms. The Morgan fingerprint density at radius 3 is 2.41 bits per heavy atom. The molecule has 3 heterocycles. The molecule has 1 aromatic carbocycles. The summed E-state index contributed by atoms with van der Waals surface area (Å²) in [5, 5.41) is 3.83. The molecule has 12 heteroatoms. The van der Waals surface area contributed by atoms with Crippen molar-refractivity contribution < 1.29 is 22.5 Å². The van der Waals surface area contributed by atoms with Gasteiger partial charge in [-0.05, 0) is 56.0 Å². The molecule has 1 amide bonds. The zero-order valence-corrected chi connectivity index (χ0v) is 24.2. The number of carbonyl (C=O) groups is 1. The van der Waals surface area contributed by atoms with E-state index in [1.54, 1.807) is 37.9 Å². The summed E-state index contributed by atoms with van der Waals surface area (Å²) < 4.78 is 36.7. The standard InChI is InChI=1S/C27H36N6O5S/c1-18-13-22(37-6)14-19(2)27(18)39(35,36)17-23-29-25(38-30-23)16-26(34)32(5)20-8-11-33(12-9-20)21-7-10-28-24(15-21)31(3)4/h7,10,13-15,20H,8-9,11-12,16-17H2,1-6H3. The summed E-state index contributed by atoms with van der Waals surface area (Å²) in [5.74, 6) is 1.06. The molecule has 0 saturated carbocycles. The maximum atomic E-state index is 13.1. The average molecular weight is 557 g/mol. The minimum Gasteiger partial charge on any atom is -0.497 e. The largest absolute Gasteiger partial charge is 0.497 e. The van der Waals surface area contributed by atoms with Crippen molar-refractivity contribution in [2.75, 3.05) is 51.1 Å². The zero-order chi connectivity index (χ0) is 28.3. The molecule has 11 nitrogen and oxygen atoms in total. The number of carbonyl (C=O) groups excluding carboxylic acids is 1. The van der Waals surface area contributed by atoms with Crippen LogP contribution in [0.3, 0.4) is 0 Å². The van der Waals surface area contributed by atoms with Crippen LogP contribution in [-0.4, -0.2) is 81.7 Å². The van der Waals surface area contributed by atoms with Crippen molar-refractivity contribution in [3.8, 4) is 5.75 Å². The molecule has 3 aromatic rings. The van der Waals surface area contributed by atoms with E-state index >= 15 is 0 Å². The number of amides is 1. The van der Waals surface area contributed by atoms with E-state index in [4.69, 9.17) is 9.26 Å². The Morgan fingerprint density at radius 1 is 1.13 bits per heavy atom. The van der Waals surface area contributed by atoms with Crippen molar-refractivity contribution in [1.29, 1.82) is 0 Å². The van der Waals surface area contributed by atoms with Crippen LogP contribution in [0.25, 0.3) is 0 Å². The van der Waals surface area contributed by atoms with Crippen molar-refractivity contribution in [3.05, 3.63) is 53.3 Å². The molecule has 0 atom stereocenters. The van der Waals surface area contributed by atoms with Gasteiger partial charge in [0, 0.05) is 58.2 Å². The molecule has 0 aliphatic carbocycles. The summed E-state index contributed by atoms with van der Waals surface area (Å²) in [5.41, 5.74) is 2.29. The van der Waals surface area contributed by atoms with Crippen LogP contribution in [-0.2, 0) is 26.8 Å². The van der Waals surface area contributed by atoms with Gasteiger partial charge < -0.3 is 24.0 Å². The fraction of sp³-hybridized carbons (Fsp3) is 0.481. The normalized spacial score (nSPS) is 14.4. The van der Waals surface area contributed by atoms with Gasteiger partial charge in [0.25, 0.3) is 0 Å². The number of benzene rings is 1. The van der Waals surface area contributed by atoms with Crippen LogP contribution >= 0.6 is 0 Å². The number of piperidine rings is 1. The number of aryl methyl sites for hydroxylation is 2. The van der Waals surface area contributed by atoms with Crippen LogP contribution in [0.5, 0.6) is 5.75 Å². The number of pyridine rings is 1. The van der Waals surface area contributed by atoms with E-state index in [2.05, 4.69) is 26.1 Å². The highest BCUT2D eigenvalue weighted by atomic mass is 32.2. The topological polar surface area (TPSA) is 122 Å². The molecule has 39 heavy (non-hydrogen) atoms. The Morgan fingerprint density at radius 2 is 1.79 bits per heavy atom. The van der Waals surface area contributed by atoms with Crippen LogP contribution in [0.15, 0.2) is 39.9 Å². The minimum absolute atomic E-state index is 0.0258. The van der Waals surface area contributed by atoms with Crippen LogP contribution in [0, 0.1) is 13.8 Å². The first kappa shape index (κ1) is 28.3. The third-order valence-electron chi connectivity index (χ3n) is 7.07. The summed E-state index contributed by atoms with van der Waals surface area (Å²) in [6.45, 7) is 5.10. The summed E-state index contributed by atoms with van der Waals surface area (Å²) >= 11 is 0. The second-order valence-corrected chi connectivity index (χ2v) is 12.0. The predicted molar refractivity (Wildman–Crippen MR) is 148 cm³/mol. The summed E-state index contributed by atoms with van der Waals surface area (Å²) in [6, 6.07) is 7.52. The van der Waals surface area contributed by atoms with Crippen molar-refractivity contribution >= 4 is 27.2 Å². The highest BCUT2D eigenvalue weighted by Gasteiger charge is 2.28. The Kier molecular flexibility index (Phi) is 8.43. The second-order valence-electron chi connectivity index (χ2n) is 10.1. The maximum Gasteiger partial charge on any atom is 0.236 e. The van der Waals surface area contributed by atoms with Crippen molar-refractivity contribution in [3.63, 3.8) is 0 Å². The molecule has 1 aliphatic rings. The molecule has 0 unspecified atom stereocenters. The molecule has 1 saturated heterocycles. The van der Waals surface area contributed by atoms with Gasteiger partial charge in [-0.15, -0.1) is 0 Å². The zero-order valence-electron chi connectivity index (χ0n) is 23.3. The Balaban J connectivity index is 1.34. The molecule has 0 N–H and O–H groups in total. The van der Waals surface area contributed by atoms with Gasteiger partial charge in [-0.2, -0.15) is 4.98 Å². The molecule has 0 radical (unpaired) electrons. The quantitative estimate of drug-likeness (QED) is 0.389. The number of nitrogens with zero attached hydrogens (tertiary/aromatic N) is 6. The first-order valence-corrected chi connectivity index (χ1v) is 14.5. The third-order valence-corrected chi connectivity index (χ3v) is 8.97. The van der Waals surface area contributed by atoms with Gasteiger partial charge in [-0.1, -0.05) is 5.16 Å². The summed E-state index contributed by atoms with van der Waals surface area (Å²) in [4.78, 5) is 27.8. The van der Waals surface area contributed by atoms with E-state index in [0.717, 1.165) is 37.4 Å². The number of ether oxygens (including phenoxy) is 1. The van der Waals surface area contributed by atoms with E-state index in [-0.39, 0.29) is 35.0 Å². The molecular weight excluding hydrogens is 520 g/mol. The first-order chi connectivity index (χ1) is 18.5. The highest BCUT2D eigenvalue weighted by molar-refractivity contribution is 7.90. The smallest absolute Gasteiger partial charge is 0.236 e. The Hall–Kier alpha value is -3.67. The maximum absolute atomic E-state index is 13.1. The second kappa shape index (κ2) is 11.6. The van der Waals surface area contributed by atoms with Gasteiger partial charge in [0.15, 0.2) is 15.7 Å². The lowest BCUT2D eigenvalue weighted by molar-refractivity contribution is -0.132. The number of sulfone groups is 1. The van der Waals surface area contributed by atoms with Gasteiger partial charge in [-0.25, -0.2) is 13.4 Å². The van der Waals surface area contributed by atoms with Crippen LogP contribution in [0.1, 0.15) is 35.7 Å². The highest BCUT2D eigenvalue weighted by Crippen LogP contribution is 2.28. The minimum atomic E-state index is -3.73. The van der Waals surface area contributed by atoms with Crippen molar-refractivity contribution in [1.82, 2.24) is 20.0 Å². The van der Waals surface area contributed by atoms with E-state index < -0.39 is 15.6 Å². The Labute approximate surface area is 229 Å². The lowest BCUT2D eigenvalue weighted by Gasteiger charge is -2.38. The number of aromatic nitrogens is 3. The van der Waals surface area contributed by atoms with Gasteiger partial charge in [0.1, 0.15) is 23.7 Å². The summed E-state index contributed by atoms with van der Waals surface area (Å²) in [6.07, 6.45) is 3.39. The number of rotatable bonds is 9. The first-order valence-electron chi connectivity index (χ1n) is 12.8. The fourth-order valence-electron chi connectivity index (χ4n) is 5.00. The Bertz CT molecular complexity index is 1410. The van der Waals surface area contributed by atoms with Gasteiger partial charge in [0.05, 0.1) is 12.0 Å². The third kappa shape index (κ3) is 6.49. The predicted octanol–water partition coefficient (Wildman–Crippen LogP) is 2.80. The lowest BCUT2D eigenvalue weighted by atomic mass is 10.0. The van der Waals surface area contributed by atoms with Crippen LogP contribution in [0.2, 0.25) is 0 Å². The number of methoxy groups -OCH3 is 1. The number of anilines is 2. The monoisotopic (exact) mass is 556 g/mol. The SMILES string of the molecule is COc1cc(C)c(S(=O)(=O)Cc2noc(CC(=O)N(C)C3CCN(c4ccnc(N(C)C)c4)CC3)n2)c(C)c1. The van der Waals surface area contributed by atoms with Gasteiger partial charge in [0.2, 0.25) is 11.8 Å². The number of hydrogen-bond acceptors (Lipinski definition) is 10. The van der Waals surface area contributed by atoms with Gasteiger partial charge >= 0.3 is 0 Å². The number of hydrogen-bond donors (Lipinski definition) is 0. The summed E-state index contributed by atoms with van der Waals surface area (Å²) in [7, 11) is 3.52. The average Bonchev–Trinajstić information content (AvgIpc) is 3.33. The molecular formula is C27H36N6O5S. The van der Waals surface area contributed by atoms with E-state index in [1.807, 2.05) is 31.3 Å². The lowest BCUT2D eigenvalue weighted by Crippen LogP contribution is -2.46. The van der Waals surface area contributed by atoms with E-state index in [1.165, 1.54) is 7.11 Å². The van der Waals surface area contributed by atoms with E-state index in [9.17, 15) is 13.2 Å². The number of likely N-dealkylation sites (N-methyl/N-ethyl adjacent to an activating group) is 1. The van der Waals surface area contributed by atoms with Crippen LogP contribution in [0.4, 0.5) is 11.5 Å². The van der Waals surface area contributed by atoms with Gasteiger partial charge in [-0.3, -0.25) is 4.79 Å². The molecule has 2 aromatic heterocycles. The molecule has 210 valence electrons. The molecule has 4 rings (SSSR count). The molecule has 0 bridgehead atoms. The van der Waals surface area contributed by atoms with E-state index in [0.29, 0.717) is 16.9 Å².